The lowest BCUT2D eigenvalue weighted by molar-refractivity contribution is -0.155. The third-order valence-corrected chi connectivity index (χ3v) is 10.7. The molecule has 1 spiro atoms. The van der Waals surface area contributed by atoms with Crippen molar-refractivity contribution in [2.75, 3.05) is 31.2 Å². The topological polar surface area (TPSA) is 87.1 Å². The number of amides is 2. The van der Waals surface area contributed by atoms with E-state index >= 15 is 0 Å². The van der Waals surface area contributed by atoms with Gasteiger partial charge in [-0.1, -0.05) is 30.4 Å². The van der Waals surface area contributed by atoms with Crippen LogP contribution in [-0.4, -0.2) is 69.6 Å². The fourth-order valence-electron chi connectivity index (χ4n) is 7.01. The largest absolute Gasteiger partial charge is 0.465 e. The average molecular weight is 555 g/mol. The molecule has 2 unspecified atom stereocenters. The van der Waals surface area contributed by atoms with Crippen LogP contribution < -0.4 is 4.90 Å². The van der Waals surface area contributed by atoms with Crippen LogP contribution >= 0.6 is 11.8 Å². The smallest absolute Gasteiger partial charge is 0.311 e. The number of aliphatic hydroxyl groups is 1. The van der Waals surface area contributed by atoms with E-state index in [-0.39, 0.29) is 31.0 Å². The van der Waals surface area contributed by atoms with Gasteiger partial charge >= 0.3 is 5.97 Å². The van der Waals surface area contributed by atoms with Crippen LogP contribution in [0.15, 0.2) is 43.5 Å². The summed E-state index contributed by atoms with van der Waals surface area (Å²) in [6, 6.07) is 5.27. The van der Waals surface area contributed by atoms with Crippen molar-refractivity contribution in [3.05, 3.63) is 54.6 Å². The summed E-state index contributed by atoms with van der Waals surface area (Å²) in [5.41, 5.74) is 2.81. The molecule has 7 nitrogen and oxygen atoms in total. The number of unbranched alkanes of at least 4 members (excludes halogenated alkanes) is 2. The Morgan fingerprint density at radius 3 is 2.54 bits per heavy atom. The molecule has 3 fully saturated rings. The molecule has 212 valence electrons. The number of fused-ring (bicyclic) bond motifs is 1. The van der Waals surface area contributed by atoms with E-state index in [1.54, 1.807) is 33.7 Å². The van der Waals surface area contributed by atoms with Gasteiger partial charge in [-0.05, 0) is 70.4 Å². The minimum atomic E-state index is -0.696. The number of para-hydroxylation sites is 1. The molecule has 0 aliphatic carbocycles. The summed E-state index contributed by atoms with van der Waals surface area (Å²) in [4.78, 5) is 45.9. The van der Waals surface area contributed by atoms with E-state index in [2.05, 4.69) is 20.1 Å². The van der Waals surface area contributed by atoms with Gasteiger partial charge in [0.25, 0.3) is 5.91 Å². The molecular formula is C31H42N2O5S. The summed E-state index contributed by atoms with van der Waals surface area (Å²) in [5.74, 6) is -1.80. The summed E-state index contributed by atoms with van der Waals surface area (Å²) in [6.45, 7) is 14.7. The van der Waals surface area contributed by atoms with Crippen LogP contribution in [0.2, 0.25) is 0 Å². The first-order valence-corrected chi connectivity index (χ1v) is 14.9. The van der Waals surface area contributed by atoms with Crippen molar-refractivity contribution >= 4 is 35.2 Å². The maximum absolute atomic E-state index is 14.7. The molecule has 0 aromatic heterocycles. The third-order valence-electron chi connectivity index (χ3n) is 8.68. The molecule has 2 amide bonds. The number of likely N-dealkylation sites (tertiary alicyclic amines) is 1. The summed E-state index contributed by atoms with van der Waals surface area (Å²) in [5, 5.41) is 9.28. The van der Waals surface area contributed by atoms with Gasteiger partial charge in [-0.15, -0.1) is 24.9 Å². The lowest BCUT2D eigenvalue weighted by Gasteiger charge is -2.38. The number of nitrogens with zero attached hydrogens (tertiary/aromatic N) is 2. The van der Waals surface area contributed by atoms with Crippen LogP contribution in [0.1, 0.15) is 56.6 Å². The number of esters is 1. The van der Waals surface area contributed by atoms with E-state index in [4.69, 9.17) is 4.74 Å². The predicted octanol–water partition coefficient (Wildman–Crippen LogP) is 4.59. The number of hydrogen-bond acceptors (Lipinski definition) is 6. The van der Waals surface area contributed by atoms with Gasteiger partial charge in [-0.3, -0.25) is 14.4 Å². The first-order chi connectivity index (χ1) is 18.7. The highest BCUT2D eigenvalue weighted by atomic mass is 32.2. The first kappa shape index (κ1) is 29.4. The Hall–Kier alpha value is -2.58. The van der Waals surface area contributed by atoms with E-state index in [1.165, 1.54) is 0 Å². The Balaban J connectivity index is 1.76. The lowest BCUT2D eigenvalue weighted by atomic mass is 9.66. The number of anilines is 1. The van der Waals surface area contributed by atoms with Gasteiger partial charge in [-0.25, -0.2) is 0 Å². The maximum atomic E-state index is 14.7. The van der Waals surface area contributed by atoms with E-state index < -0.39 is 27.4 Å². The number of rotatable bonds is 13. The molecule has 0 radical (unpaired) electrons. The van der Waals surface area contributed by atoms with Crippen molar-refractivity contribution in [2.24, 2.45) is 11.8 Å². The number of aliphatic hydroxyl groups excluding tert-OH is 1. The molecule has 1 aromatic carbocycles. The highest BCUT2D eigenvalue weighted by molar-refractivity contribution is 8.02. The van der Waals surface area contributed by atoms with Crippen LogP contribution in [0, 0.1) is 25.7 Å². The molecule has 3 heterocycles. The highest BCUT2D eigenvalue weighted by Crippen LogP contribution is 2.71. The molecule has 1 N–H and O–H groups in total. The number of ether oxygens (including phenoxy) is 1. The van der Waals surface area contributed by atoms with Crippen molar-refractivity contribution < 1.29 is 24.2 Å². The van der Waals surface area contributed by atoms with Crippen molar-refractivity contribution in [2.45, 2.75) is 74.8 Å². The number of carbonyl (C=O) groups excluding carboxylic acids is 3. The molecule has 8 heteroatoms. The van der Waals surface area contributed by atoms with Crippen LogP contribution in [0.5, 0.6) is 0 Å². The van der Waals surface area contributed by atoms with Gasteiger partial charge in [0.15, 0.2) is 0 Å². The number of thioether (sulfide) groups is 1. The summed E-state index contributed by atoms with van der Waals surface area (Å²) < 4.78 is 4.48. The van der Waals surface area contributed by atoms with Crippen LogP contribution in [0.25, 0.3) is 0 Å². The fourth-order valence-corrected chi connectivity index (χ4v) is 9.35. The summed E-state index contributed by atoms with van der Waals surface area (Å²) in [6.07, 6.45) is 7.50. The Bertz CT molecular complexity index is 1120. The lowest BCUT2D eigenvalue weighted by Crippen LogP contribution is -2.55. The highest BCUT2D eigenvalue weighted by Gasteiger charge is 2.77. The molecule has 0 saturated carbocycles. The molecule has 5 atom stereocenters. The van der Waals surface area contributed by atoms with Crippen molar-refractivity contribution in [3.8, 4) is 0 Å². The molecule has 1 aromatic rings. The summed E-state index contributed by atoms with van der Waals surface area (Å²) >= 11 is 1.66. The van der Waals surface area contributed by atoms with Gasteiger partial charge in [0, 0.05) is 30.1 Å². The second-order valence-corrected chi connectivity index (χ2v) is 13.2. The molecule has 4 rings (SSSR count). The van der Waals surface area contributed by atoms with Gasteiger partial charge in [0.2, 0.25) is 5.91 Å². The SMILES string of the molecule is C=CCCOC(=O)[C@H]1[C@H]2C(=O)N(CCCCCO)C(C(=O)N(CC=C)c3c(C)cccc3C)C23CC[C@]1(C)S3. The number of hydrogen-bond donors (Lipinski definition) is 1. The van der Waals surface area contributed by atoms with Crippen LogP contribution in [-0.2, 0) is 19.1 Å². The summed E-state index contributed by atoms with van der Waals surface area (Å²) in [7, 11) is 0. The molecule has 3 aliphatic heterocycles. The quantitative estimate of drug-likeness (QED) is 0.218. The normalized spacial score (nSPS) is 28.9. The Kier molecular flexibility index (Phi) is 8.96. The third kappa shape index (κ3) is 5.06. The number of carbonyl (C=O) groups is 3. The second kappa shape index (κ2) is 11.9. The van der Waals surface area contributed by atoms with E-state index in [1.807, 2.05) is 32.0 Å². The predicted molar refractivity (Wildman–Crippen MR) is 156 cm³/mol. The van der Waals surface area contributed by atoms with E-state index in [0.717, 1.165) is 29.7 Å². The van der Waals surface area contributed by atoms with E-state index in [9.17, 15) is 19.5 Å². The standard InChI is InChI=1S/C31H42N2O5S/c1-6-8-20-38-29(37)24-23-27(35)33(18-10-9-11-19-34)26(31(23)16-15-30(24,5)39-31)28(36)32(17-7-2)25-21(3)13-12-14-22(25)4/h6-7,12-14,23-24,26,34H,1-2,8-11,15-20H2,3-5H3/t23-,24+,26?,30-,31?/m0/s1. The molecular weight excluding hydrogens is 512 g/mol. The number of aryl methyl sites for hydroxylation is 2. The van der Waals surface area contributed by atoms with Gasteiger partial charge in [-0.2, -0.15) is 0 Å². The minimum absolute atomic E-state index is 0.0926. The number of benzene rings is 1. The Labute approximate surface area is 236 Å². The van der Waals surface area contributed by atoms with Gasteiger partial charge in [0.05, 0.1) is 23.2 Å². The van der Waals surface area contributed by atoms with Crippen molar-refractivity contribution in [1.29, 1.82) is 0 Å². The maximum Gasteiger partial charge on any atom is 0.311 e. The van der Waals surface area contributed by atoms with Crippen LogP contribution in [0.4, 0.5) is 5.69 Å². The molecule has 2 bridgehead atoms. The van der Waals surface area contributed by atoms with Crippen LogP contribution in [0.3, 0.4) is 0 Å². The average Bonchev–Trinajstić information content (AvgIpc) is 3.46. The van der Waals surface area contributed by atoms with Crippen molar-refractivity contribution in [3.63, 3.8) is 0 Å². The molecule has 39 heavy (non-hydrogen) atoms. The van der Waals surface area contributed by atoms with Gasteiger partial charge < -0.3 is 19.6 Å². The molecule has 3 aliphatic rings. The minimum Gasteiger partial charge on any atom is -0.465 e. The van der Waals surface area contributed by atoms with E-state index in [0.29, 0.717) is 38.8 Å². The first-order valence-electron chi connectivity index (χ1n) is 14.0. The Morgan fingerprint density at radius 1 is 1.18 bits per heavy atom. The monoisotopic (exact) mass is 554 g/mol. The molecule has 3 saturated heterocycles. The Morgan fingerprint density at radius 2 is 1.90 bits per heavy atom. The zero-order chi connectivity index (χ0) is 28.4. The van der Waals surface area contributed by atoms with Gasteiger partial charge in [0.1, 0.15) is 6.04 Å². The second-order valence-electron chi connectivity index (χ2n) is 11.3. The fraction of sp³-hybridized carbons (Fsp3) is 0.581. The zero-order valence-corrected chi connectivity index (χ0v) is 24.3. The van der Waals surface area contributed by atoms with Crippen molar-refractivity contribution in [1.82, 2.24) is 4.90 Å². The zero-order valence-electron chi connectivity index (χ0n) is 23.5.